The SMILES string of the molecule is CCOc1ccc(Cl)cc1CNC1CCC1. The second-order valence-corrected chi connectivity index (χ2v) is 4.63. The minimum atomic E-state index is 0.688. The monoisotopic (exact) mass is 239 g/mol. The van der Waals surface area contributed by atoms with Crippen molar-refractivity contribution in [3.63, 3.8) is 0 Å². The van der Waals surface area contributed by atoms with Gasteiger partial charge in [0, 0.05) is 23.2 Å². The fraction of sp³-hybridized carbons (Fsp3) is 0.538. The van der Waals surface area contributed by atoms with E-state index >= 15 is 0 Å². The summed E-state index contributed by atoms with van der Waals surface area (Å²) in [5, 5.41) is 4.29. The van der Waals surface area contributed by atoms with Crippen molar-refractivity contribution >= 4 is 11.6 Å². The lowest BCUT2D eigenvalue weighted by molar-refractivity contribution is 0.321. The molecule has 2 rings (SSSR count). The number of hydrogen-bond acceptors (Lipinski definition) is 2. The first-order chi connectivity index (χ1) is 7.79. The lowest BCUT2D eigenvalue weighted by Gasteiger charge is -2.27. The van der Waals surface area contributed by atoms with Crippen LogP contribution in [-0.2, 0) is 6.54 Å². The van der Waals surface area contributed by atoms with E-state index in [1.165, 1.54) is 19.3 Å². The average Bonchev–Trinajstić information content (AvgIpc) is 2.20. The Morgan fingerprint density at radius 1 is 1.44 bits per heavy atom. The molecule has 0 aromatic heterocycles. The number of benzene rings is 1. The molecular weight excluding hydrogens is 222 g/mol. The van der Waals surface area contributed by atoms with E-state index in [1.54, 1.807) is 0 Å². The van der Waals surface area contributed by atoms with Gasteiger partial charge in [0.05, 0.1) is 6.61 Å². The van der Waals surface area contributed by atoms with Gasteiger partial charge >= 0.3 is 0 Å². The van der Waals surface area contributed by atoms with Crippen LogP contribution in [-0.4, -0.2) is 12.6 Å². The zero-order valence-electron chi connectivity index (χ0n) is 9.63. The number of nitrogens with one attached hydrogen (secondary N) is 1. The molecule has 0 aliphatic heterocycles. The first kappa shape index (κ1) is 11.7. The van der Waals surface area contributed by atoms with Gasteiger partial charge < -0.3 is 10.1 Å². The fourth-order valence-corrected chi connectivity index (χ4v) is 2.04. The highest BCUT2D eigenvalue weighted by atomic mass is 35.5. The van der Waals surface area contributed by atoms with Crippen molar-refractivity contribution in [2.24, 2.45) is 0 Å². The van der Waals surface area contributed by atoms with Crippen LogP contribution in [0.4, 0.5) is 0 Å². The normalized spacial score (nSPS) is 15.9. The lowest BCUT2D eigenvalue weighted by Crippen LogP contribution is -2.34. The average molecular weight is 240 g/mol. The molecule has 2 nitrogen and oxygen atoms in total. The minimum Gasteiger partial charge on any atom is -0.494 e. The molecule has 1 saturated carbocycles. The molecule has 0 heterocycles. The van der Waals surface area contributed by atoms with Crippen LogP contribution in [0.2, 0.25) is 5.02 Å². The maximum Gasteiger partial charge on any atom is 0.123 e. The molecule has 1 aromatic carbocycles. The summed E-state index contributed by atoms with van der Waals surface area (Å²) in [6.07, 6.45) is 3.95. The van der Waals surface area contributed by atoms with Gasteiger partial charge in [0.2, 0.25) is 0 Å². The third kappa shape index (κ3) is 2.89. The van der Waals surface area contributed by atoms with Gasteiger partial charge in [-0.15, -0.1) is 0 Å². The molecule has 0 spiro atoms. The van der Waals surface area contributed by atoms with Gasteiger partial charge in [0.1, 0.15) is 5.75 Å². The van der Waals surface area contributed by atoms with Crippen LogP contribution in [0.3, 0.4) is 0 Å². The molecule has 3 heteroatoms. The van der Waals surface area contributed by atoms with E-state index in [0.717, 1.165) is 22.9 Å². The molecule has 1 aliphatic rings. The van der Waals surface area contributed by atoms with Crippen LogP contribution in [0.1, 0.15) is 31.7 Å². The Labute approximate surface area is 102 Å². The molecule has 1 N–H and O–H groups in total. The Bertz CT molecular complexity index is 350. The second kappa shape index (κ2) is 5.55. The van der Waals surface area contributed by atoms with E-state index in [-0.39, 0.29) is 0 Å². The van der Waals surface area contributed by atoms with Crippen LogP contribution in [0.15, 0.2) is 18.2 Å². The molecule has 1 aromatic rings. The Balaban J connectivity index is 2.00. The largest absolute Gasteiger partial charge is 0.494 e. The molecule has 0 radical (unpaired) electrons. The number of rotatable bonds is 5. The molecule has 1 aliphatic carbocycles. The second-order valence-electron chi connectivity index (χ2n) is 4.19. The Morgan fingerprint density at radius 2 is 2.25 bits per heavy atom. The Kier molecular flexibility index (Phi) is 4.08. The summed E-state index contributed by atoms with van der Waals surface area (Å²) >= 11 is 6.00. The third-order valence-electron chi connectivity index (χ3n) is 3.01. The van der Waals surface area contributed by atoms with Gasteiger partial charge in [-0.2, -0.15) is 0 Å². The number of halogens is 1. The highest BCUT2D eigenvalue weighted by Gasteiger charge is 2.16. The molecule has 88 valence electrons. The summed E-state index contributed by atoms with van der Waals surface area (Å²) in [5.41, 5.74) is 1.15. The number of hydrogen-bond donors (Lipinski definition) is 1. The van der Waals surface area contributed by atoms with Crippen LogP contribution in [0.25, 0.3) is 0 Å². The van der Waals surface area contributed by atoms with Gasteiger partial charge in [-0.3, -0.25) is 0 Å². The standard InChI is InChI=1S/C13H18ClNO/c1-2-16-13-7-6-11(14)8-10(13)9-15-12-4-3-5-12/h6-8,12,15H,2-5,9H2,1H3. The van der Waals surface area contributed by atoms with Crippen LogP contribution in [0, 0.1) is 0 Å². The van der Waals surface area contributed by atoms with Gasteiger partial charge in [-0.25, -0.2) is 0 Å². The quantitative estimate of drug-likeness (QED) is 0.851. The first-order valence-electron chi connectivity index (χ1n) is 5.94. The fourth-order valence-electron chi connectivity index (χ4n) is 1.85. The zero-order chi connectivity index (χ0) is 11.4. The van der Waals surface area contributed by atoms with Crippen molar-refractivity contribution in [1.82, 2.24) is 5.32 Å². The highest BCUT2D eigenvalue weighted by Crippen LogP contribution is 2.24. The molecule has 0 unspecified atom stereocenters. The Hall–Kier alpha value is -0.730. The van der Waals surface area contributed by atoms with E-state index in [0.29, 0.717) is 12.6 Å². The van der Waals surface area contributed by atoms with E-state index in [4.69, 9.17) is 16.3 Å². The molecule has 0 amide bonds. The summed E-state index contributed by atoms with van der Waals surface area (Å²) in [6, 6.07) is 6.50. The van der Waals surface area contributed by atoms with Gasteiger partial charge in [-0.1, -0.05) is 18.0 Å². The van der Waals surface area contributed by atoms with Gasteiger partial charge in [0.15, 0.2) is 0 Å². The van der Waals surface area contributed by atoms with Gasteiger partial charge in [0.25, 0.3) is 0 Å². The van der Waals surface area contributed by atoms with Crippen molar-refractivity contribution in [2.45, 2.75) is 38.8 Å². The Morgan fingerprint density at radius 3 is 2.88 bits per heavy atom. The van der Waals surface area contributed by atoms with E-state index < -0.39 is 0 Å². The van der Waals surface area contributed by atoms with Crippen molar-refractivity contribution in [2.75, 3.05) is 6.61 Å². The maximum atomic E-state index is 6.00. The van der Waals surface area contributed by atoms with E-state index in [9.17, 15) is 0 Å². The highest BCUT2D eigenvalue weighted by molar-refractivity contribution is 6.30. The van der Waals surface area contributed by atoms with Crippen molar-refractivity contribution in [3.05, 3.63) is 28.8 Å². The predicted octanol–water partition coefficient (Wildman–Crippen LogP) is 3.38. The lowest BCUT2D eigenvalue weighted by atomic mass is 9.93. The van der Waals surface area contributed by atoms with Crippen molar-refractivity contribution < 1.29 is 4.74 Å². The minimum absolute atomic E-state index is 0.688. The molecule has 1 fully saturated rings. The van der Waals surface area contributed by atoms with E-state index in [1.807, 2.05) is 25.1 Å². The van der Waals surface area contributed by atoms with E-state index in [2.05, 4.69) is 5.32 Å². The topological polar surface area (TPSA) is 21.3 Å². The summed E-state index contributed by atoms with van der Waals surface area (Å²) in [7, 11) is 0. The molecular formula is C13H18ClNO. The van der Waals surface area contributed by atoms with Crippen molar-refractivity contribution in [3.8, 4) is 5.75 Å². The predicted molar refractivity (Wildman–Crippen MR) is 67.1 cm³/mol. The molecule has 0 bridgehead atoms. The summed E-state index contributed by atoms with van der Waals surface area (Å²) in [5.74, 6) is 0.943. The molecule has 16 heavy (non-hydrogen) atoms. The van der Waals surface area contributed by atoms with Crippen molar-refractivity contribution in [1.29, 1.82) is 0 Å². The molecule has 0 atom stereocenters. The molecule has 0 saturated heterocycles. The summed E-state index contributed by atoms with van der Waals surface area (Å²) < 4.78 is 5.58. The summed E-state index contributed by atoms with van der Waals surface area (Å²) in [6.45, 7) is 3.54. The third-order valence-corrected chi connectivity index (χ3v) is 3.24. The first-order valence-corrected chi connectivity index (χ1v) is 6.32. The van der Waals surface area contributed by atoms with Gasteiger partial charge in [-0.05, 0) is 38.0 Å². The van der Waals surface area contributed by atoms with Crippen LogP contribution < -0.4 is 10.1 Å². The summed E-state index contributed by atoms with van der Waals surface area (Å²) in [4.78, 5) is 0. The van der Waals surface area contributed by atoms with Crippen LogP contribution in [0.5, 0.6) is 5.75 Å². The smallest absolute Gasteiger partial charge is 0.123 e. The zero-order valence-corrected chi connectivity index (χ0v) is 10.4. The maximum absolute atomic E-state index is 6.00. The van der Waals surface area contributed by atoms with Crippen LogP contribution >= 0.6 is 11.6 Å². The number of ether oxygens (including phenoxy) is 1.